The van der Waals surface area contributed by atoms with E-state index in [9.17, 15) is 4.79 Å². The summed E-state index contributed by atoms with van der Waals surface area (Å²) in [4.78, 5) is 13.3. The standard InChI is InChI=1S/C23H33NO/c1-16(2)11-9-10-14-24-15-18(17-12-7-8-13-19(17)24)20(25)21-22(3,4)23(21,5)6/h7-8,12-13,15-16,21H,9-11,14H2,1-6H3. The van der Waals surface area contributed by atoms with Gasteiger partial charge in [0.1, 0.15) is 0 Å². The zero-order valence-corrected chi connectivity index (χ0v) is 16.7. The minimum Gasteiger partial charge on any atom is -0.347 e. The van der Waals surface area contributed by atoms with Gasteiger partial charge in [-0.3, -0.25) is 4.79 Å². The number of hydrogen-bond donors (Lipinski definition) is 0. The molecule has 0 N–H and O–H groups in total. The Morgan fingerprint density at radius 1 is 1.08 bits per heavy atom. The fourth-order valence-corrected chi connectivity index (χ4v) is 4.47. The lowest BCUT2D eigenvalue weighted by atomic mass is 10.0. The molecule has 1 saturated carbocycles. The molecule has 1 fully saturated rings. The van der Waals surface area contributed by atoms with Crippen molar-refractivity contribution < 1.29 is 4.79 Å². The molecule has 25 heavy (non-hydrogen) atoms. The molecule has 0 radical (unpaired) electrons. The first-order valence-electron chi connectivity index (χ1n) is 9.80. The van der Waals surface area contributed by atoms with Gasteiger partial charge in [0.05, 0.1) is 0 Å². The lowest BCUT2D eigenvalue weighted by Crippen LogP contribution is -2.07. The second kappa shape index (κ2) is 6.30. The van der Waals surface area contributed by atoms with E-state index < -0.39 is 0 Å². The molecule has 0 unspecified atom stereocenters. The molecule has 2 heteroatoms. The second-order valence-corrected chi connectivity index (χ2v) is 9.38. The Kier molecular flexibility index (Phi) is 4.59. The normalized spacial score (nSPS) is 18.8. The number of fused-ring (bicyclic) bond motifs is 1. The lowest BCUT2D eigenvalue weighted by molar-refractivity contribution is 0.0946. The number of rotatable bonds is 7. The molecule has 0 atom stereocenters. The number of para-hydroxylation sites is 1. The van der Waals surface area contributed by atoms with Gasteiger partial charge in [-0.1, -0.05) is 72.6 Å². The van der Waals surface area contributed by atoms with Crippen LogP contribution in [-0.4, -0.2) is 10.4 Å². The number of hydrogen-bond acceptors (Lipinski definition) is 1. The maximum Gasteiger partial charge on any atom is 0.169 e. The Morgan fingerprint density at radius 2 is 1.72 bits per heavy atom. The van der Waals surface area contributed by atoms with E-state index in [0.717, 1.165) is 23.4 Å². The van der Waals surface area contributed by atoms with Crippen molar-refractivity contribution in [2.75, 3.05) is 0 Å². The highest BCUT2D eigenvalue weighted by molar-refractivity contribution is 6.11. The van der Waals surface area contributed by atoms with Crippen LogP contribution in [0.25, 0.3) is 10.9 Å². The van der Waals surface area contributed by atoms with E-state index in [4.69, 9.17) is 0 Å². The highest BCUT2D eigenvalue weighted by atomic mass is 16.1. The quantitative estimate of drug-likeness (QED) is 0.426. The monoisotopic (exact) mass is 339 g/mol. The molecule has 0 bridgehead atoms. The molecule has 1 aliphatic carbocycles. The lowest BCUT2D eigenvalue weighted by Gasteiger charge is -2.06. The SMILES string of the molecule is CC(C)CCCCn1cc(C(=O)C2C(C)(C)C2(C)C)c2ccccc21. The van der Waals surface area contributed by atoms with Crippen molar-refractivity contribution in [3.8, 4) is 0 Å². The largest absolute Gasteiger partial charge is 0.347 e. The summed E-state index contributed by atoms with van der Waals surface area (Å²) in [7, 11) is 0. The Morgan fingerprint density at radius 3 is 2.32 bits per heavy atom. The van der Waals surface area contributed by atoms with Crippen LogP contribution in [0.2, 0.25) is 0 Å². The molecule has 0 spiro atoms. The summed E-state index contributed by atoms with van der Waals surface area (Å²) < 4.78 is 2.30. The van der Waals surface area contributed by atoms with Crippen molar-refractivity contribution >= 4 is 16.7 Å². The average Bonchev–Trinajstić information content (AvgIpc) is 2.82. The Hall–Kier alpha value is -1.57. The minimum atomic E-state index is 0.0878. The van der Waals surface area contributed by atoms with E-state index in [2.05, 4.69) is 70.5 Å². The highest BCUT2D eigenvalue weighted by Gasteiger charge is 2.68. The smallest absolute Gasteiger partial charge is 0.169 e. The molecule has 0 amide bonds. The summed E-state index contributed by atoms with van der Waals surface area (Å²) >= 11 is 0. The number of unbranched alkanes of at least 4 members (excludes halogenated alkanes) is 1. The first-order valence-corrected chi connectivity index (χ1v) is 9.80. The van der Waals surface area contributed by atoms with Crippen LogP contribution in [0.5, 0.6) is 0 Å². The Bertz CT molecular complexity index is 764. The van der Waals surface area contributed by atoms with E-state index in [-0.39, 0.29) is 16.7 Å². The van der Waals surface area contributed by atoms with Gasteiger partial charge in [0.2, 0.25) is 0 Å². The number of benzene rings is 1. The molecule has 2 aromatic rings. The minimum absolute atomic E-state index is 0.0878. The number of aromatic nitrogens is 1. The van der Waals surface area contributed by atoms with Gasteiger partial charge in [-0.25, -0.2) is 0 Å². The van der Waals surface area contributed by atoms with Gasteiger partial charge in [0, 0.05) is 35.1 Å². The molecule has 136 valence electrons. The molecular weight excluding hydrogens is 306 g/mol. The van der Waals surface area contributed by atoms with Gasteiger partial charge in [-0.05, 0) is 29.2 Å². The zero-order chi connectivity index (χ0) is 18.4. The first kappa shape index (κ1) is 18.2. The predicted molar refractivity (Wildman–Crippen MR) is 106 cm³/mol. The fourth-order valence-electron chi connectivity index (χ4n) is 4.47. The van der Waals surface area contributed by atoms with Crippen molar-refractivity contribution in [3.05, 3.63) is 36.0 Å². The van der Waals surface area contributed by atoms with Crippen molar-refractivity contribution in [3.63, 3.8) is 0 Å². The van der Waals surface area contributed by atoms with Crippen LogP contribution in [0.1, 0.15) is 71.2 Å². The molecule has 1 aliphatic rings. The Labute approximate surface area is 152 Å². The van der Waals surface area contributed by atoms with E-state index >= 15 is 0 Å². The molecule has 1 heterocycles. The van der Waals surface area contributed by atoms with Crippen molar-refractivity contribution in [2.45, 2.75) is 67.3 Å². The third-order valence-electron chi connectivity index (χ3n) is 6.77. The second-order valence-electron chi connectivity index (χ2n) is 9.38. The average molecular weight is 340 g/mol. The van der Waals surface area contributed by atoms with Crippen LogP contribution >= 0.6 is 0 Å². The van der Waals surface area contributed by atoms with Gasteiger partial charge in [-0.15, -0.1) is 0 Å². The van der Waals surface area contributed by atoms with Crippen molar-refractivity contribution in [2.24, 2.45) is 22.7 Å². The fraction of sp³-hybridized carbons (Fsp3) is 0.609. The summed E-state index contributed by atoms with van der Waals surface area (Å²) in [6, 6.07) is 8.38. The Balaban J connectivity index is 1.86. The van der Waals surface area contributed by atoms with Gasteiger partial charge in [-0.2, -0.15) is 0 Å². The molecular formula is C23H33NO. The highest BCUT2D eigenvalue weighted by Crippen LogP contribution is 2.69. The summed E-state index contributed by atoms with van der Waals surface area (Å²) in [5.74, 6) is 1.21. The van der Waals surface area contributed by atoms with Crippen molar-refractivity contribution in [1.29, 1.82) is 0 Å². The first-order chi connectivity index (χ1) is 11.7. The van der Waals surface area contributed by atoms with Crippen LogP contribution < -0.4 is 0 Å². The van der Waals surface area contributed by atoms with Crippen LogP contribution in [-0.2, 0) is 6.54 Å². The topological polar surface area (TPSA) is 22.0 Å². The van der Waals surface area contributed by atoms with E-state index in [0.29, 0.717) is 5.78 Å². The third-order valence-corrected chi connectivity index (χ3v) is 6.77. The molecule has 0 aliphatic heterocycles. The van der Waals surface area contributed by atoms with Crippen LogP contribution in [0.4, 0.5) is 0 Å². The summed E-state index contributed by atoms with van der Waals surface area (Å²) in [6.07, 6.45) is 5.81. The molecule has 3 rings (SSSR count). The molecule has 2 nitrogen and oxygen atoms in total. The number of Topliss-reactive ketones (excluding diaryl/α,β-unsaturated/α-hetero) is 1. The van der Waals surface area contributed by atoms with E-state index in [1.54, 1.807) is 0 Å². The van der Waals surface area contributed by atoms with Crippen LogP contribution in [0, 0.1) is 22.7 Å². The van der Waals surface area contributed by atoms with Crippen LogP contribution in [0.15, 0.2) is 30.5 Å². The van der Waals surface area contributed by atoms with Gasteiger partial charge < -0.3 is 4.57 Å². The third kappa shape index (κ3) is 3.05. The van der Waals surface area contributed by atoms with Gasteiger partial charge >= 0.3 is 0 Å². The number of carbonyl (C=O) groups is 1. The predicted octanol–water partition coefficient (Wildman–Crippen LogP) is 6.33. The van der Waals surface area contributed by atoms with Crippen LogP contribution in [0.3, 0.4) is 0 Å². The van der Waals surface area contributed by atoms with E-state index in [1.165, 1.54) is 24.8 Å². The number of carbonyl (C=O) groups excluding carboxylic acids is 1. The molecule has 0 saturated heterocycles. The summed E-state index contributed by atoms with van der Waals surface area (Å²) in [6.45, 7) is 14.4. The summed E-state index contributed by atoms with van der Waals surface area (Å²) in [5.41, 5.74) is 2.30. The maximum absolute atomic E-state index is 13.3. The summed E-state index contributed by atoms with van der Waals surface area (Å²) in [5, 5.41) is 1.12. The van der Waals surface area contributed by atoms with E-state index in [1.807, 2.05) is 6.07 Å². The molecule has 1 aromatic carbocycles. The van der Waals surface area contributed by atoms with Gasteiger partial charge in [0.25, 0.3) is 0 Å². The maximum atomic E-state index is 13.3. The molecule has 1 aromatic heterocycles. The number of ketones is 1. The number of nitrogens with zero attached hydrogens (tertiary/aromatic N) is 1. The van der Waals surface area contributed by atoms with Gasteiger partial charge in [0.15, 0.2) is 5.78 Å². The zero-order valence-electron chi connectivity index (χ0n) is 16.7. The number of aryl methyl sites for hydroxylation is 1. The van der Waals surface area contributed by atoms with Crippen molar-refractivity contribution in [1.82, 2.24) is 4.57 Å².